The second kappa shape index (κ2) is 17.2. The van der Waals surface area contributed by atoms with Gasteiger partial charge < -0.3 is 25.6 Å². The molecule has 0 bridgehead atoms. The zero-order valence-electron chi connectivity index (χ0n) is 30.7. The van der Waals surface area contributed by atoms with Gasteiger partial charge in [0.2, 0.25) is 5.91 Å². The number of carbonyl (C=O) groups excluding carboxylic acids is 2. The number of rotatable bonds is 14. The monoisotopic (exact) mass is 746 g/mol. The molecule has 11 heteroatoms. The van der Waals surface area contributed by atoms with Gasteiger partial charge in [0.15, 0.2) is 11.9 Å². The minimum absolute atomic E-state index is 0.0588. The van der Waals surface area contributed by atoms with Crippen molar-refractivity contribution >= 4 is 29.1 Å². The summed E-state index contributed by atoms with van der Waals surface area (Å²) in [6.07, 6.45) is 7.17. The van der Waals surface area contributed by atoms with Crippen LogP contribution in [0.1, 0.15) is 78.2 Å². The molecule has 0 aliphatic heterocycles. The molecule has 1 fully saturated rings. The Balaban J connectivity index is 1.15. The van der Waals surface area contributed by atoms with E-state index in [0.29, 0.717) is 27.7 Å². The summed E-state index contributed by atoms with van der Waals surface area (Å²) < 4.78 is 6.00. The molecular formula is C43H46N4O6S. The first-order valence-electron chi connectivity index (χ1n) is 18.3. The van der Waals surface area contributed by atoms with Crippen LogP contribution in [0, 0.1) is 5.92 Å². The van der Waals surface area contributed by atoms with Crippen molar-refractivity contribution in [3.05, 3.63) is 124 Å². The number of benzene rings is 3. The largest absolute Gasteiger partial charge is 0.493 e. The molecule has 5 aromatic rings. The van der Waals surface area contributed by atoms with Gasteiger partial charge >= 0.3 is 5.97 Å². The summed E-state index contributed by atoms with van der Waals surface area (Å²) >= 11 is 1.34. The maximum Gasteiger partial charge on any atom is 0.329 e. The van der Waals surface area contributed by atoms with Crippen molar-refractivity contribution in [2.75, 3.05) is 6.61 Å². The molecule has 6 rings (SSSR count). The summed E-state index contributed by atoms with van der Waals surface area (Å²) in [6, 6.07) is 24.3. The number of hydrogen-bond donors (Lipinski definition) is 4. The second-order valence-corrected chi connectivity index (χ2v) is 15.9. The number of aliphatic carboxylic acids is 1. The minimum atomic E-state index is -1.65. The lowest BCUT2D eigenvalue weighted by Gasteiger charge is -2.24. The highest BCUT2D eigenvalue weighted by Crippen LogP contribution is 2.30. The Morgan fingerprint density at radius 3 is 2.09 bits per heavy atom. The van der Waals surface area contributed by atoms with Crippen molar-refractivity contribution in [3.8, 4) is 28.3 Å². The van der Waals surface area contributed by atoms with E-state index in [1.54, 1.807) is 48.8 Å². The van der Waals surface area contributed by atoms with E-state index in [4.69, 9.17) is 4.74 Å². The Morgan fingerprint density at radius 1 is 0.833 bits per heavy atom. The molecule has 3 aromatic carbocycles. The smallest absolute Gasteiger partial charge is 0.329 e. The van der Waals surface area contributed by atoms with Crippen LogP contribution in [0.4, 0.5) is 0 Å². The predicted octanol–water partition coefficient (Wildman–Crippen LogP) is 7.38. The fraction of sp³-hybridized carbons (Fsp3) is 0.326. The highest BCUT2D eigenvalue weighted by molar-refractivity contribution is 7.14. The number of thiophene rings is 1. The lowest BCUT2D eigenvalue weighted by Crippen LogP contribution is -2.54. The van der Waals surface area contributed by atoms with Crippen molar-refractivity contribution in [3.63, 3.8) is 0 Å². The van der Waals surface area contributed by atoms with E-state index >= 15 is 0 Å². The Morgan fingerprint density at radius 2 is 1.48 bits per heavy atom. The van der Waals surface area contributed by atoms with E-state index in [-0.39, 0.29) is 11.8 Å². The van der Waals surface area contributed by atoms with Gasteiger partial charge in [-0.05, 0) is 65.1 Å². The first-order valence-corrected chi connectivity index (χ1v) is 19.1. The van der Waals surface area contributed by atoms with Crippen LogP contribution in [0.2, 0.25) is 0 Å². The molecule has 2 heterocycles. The van der Waals surface area contributed by atoms with Crippen molar-refractivity contribution in [1.29, 1.82) is 0 Å². The number of amides is 2. The zero-order chi connectivity index (χ0) is 38.2. The van der Waals surface area contributed by atoms with Crippen LogP contribution in [-0.4, -0.2) is 56.7 Å². The Kier molecular flexibility index (Phi) is 12.2. The van der Waals surface area contributed by atoms with E-state index in [1.165, 1.54) is 37.0 Å². The number of carboxylic acid groups (broad SMARTS) is 1. The Bertz CT molecular complexity index is 2020. The van der Waals surface area contributed by atoms with Gasteiger partial charge in [-0.3, -0.25) is 9.59 Å². The van der Waals surface area contributed by atoms with E-state index in [1.807, 2.05) is 54.6 Å². The lowest BCUT2D eigenvalue weighted by atomic mass is 9.95. The fourth-order valence-electron chi connectivity index (χ4n) is 6.46. The number of carbonyl (C=O) groups is 3. The van der Waals surface area contributed by atoms with Crippen molar-refractivity contribution in [1.82, 2.24) is 20.6 Å². The second-order valence-electron chi connectivity index (χ2n) is 14.8. The number of ether oxygens (including phenoxy) is 1. The number of aliphatic hydroxyl groups excluding tert-OH is 1. The molecule has 54 heavy (non-hydrogen) atoms. The average molecular weight is 747 g/mol. The third-order valence-corrected chi connectivity index (χ3v) is 11.2. The van der Waals surface area contributed by atoms with E-state index in [9.17, 15) is 24.6 Å². The summed E-state index contributed by atoms with van der Waals surface area (Å²) in [4.78, 5) is 50.1. The van der Waals surface area contributed by atoms with Crippen molar-refractivity contribution < 1.29 is 29.3 Å². The summed E-state index contributed by atoms with van der Waals surface area (Å²) in [5, 5.41) is 26.2. The Labute approximate surface area is 319 Å². The quantitative estimate of drug-likeness (QED) is 0.0920. The molecule has 0 radical (unpaired) electrons. The number of hydrogen-bond acceptors (Lipinski definition) is 8. The van der Waals surface area contributed by atoms with Crippen LogP contribution in [0.15, 0.2) is 103 Å². The maximum atomic E-state index is 13.7. The maximum absolute atomic E-state index is 13.7. The van der Waals surface area contributed by atoms with Gasteiger partial charge in [-0.2, -0.15) is 0 Å². The van der Waals surface area contributed by atoms with Gasteiger partial charge in [0.05, 0.1) is 11.5 Å². The number of aromatic nitrogens is 2. The molecule has 2 amide bonds. The molecule has 2 aromatic heterocycles. The van der Waals surface area contributed by atoms with E-state index in [2.05, 4.69) is 41.4 Å². The van der Waals surface area contributed by atoms with Crippen LogP contribution in [0.3, 0.4) is 0 Å². The molecule has 10 nitrogen and oxygen atoms in total. The molecule has 4 N–H and O–H groups in total. The normalized spacial score (nSPS) is 14.9. The van der Waals surface area contributed by atoms with Crippen LogP contribution in [-0.2, 0) is 21.4 Å². The van der Waals surface area contributed by atoms with Crippen LogP contribution in [0.25, 0.3) is 22.5 Å². The number of nitrogens with one attached hydrogen (secondary N) is 2. The summed E-state index contributed by atoms with van der Waals surface area (Å²) in [5.74, 6) is -0.575. The summed E-state index contributed by atoms with van der Waals surface area (Å²) in [7, 11) is 0. The molecule has 1 aliphatic rings. The number of aliphatic hydroxyl groups is 1. The van der Waals surface area contributed by atoms with Gasteiger partial charge in [-0.15, -0.1) is 11.3 Å². The standard InChI is InChI=1S/C43H46N4O6S/c1-43(2,3)36-22-21-35(54-36)41(50)46-34(40(49)47-37(42(51)52)38(48)30-11-5-4-6-12-30)23-27-13-15-31(16-14-27)39-44-24-32(25-45-39)29-17-19-33(20-18-29)53-26-28-9-7-8-10-28/h4-6,11-22,24-25,28,34,37-38,48H,7-10,23,26H2,1-3H3,(H,46,50)(H,47,49)(H,51,52)/t34-,37?,38?/m0/s1. The third-order valence-electron chi connectivity index (χ3n) is 9.66. The fourth-order valence-corrected chi connectivity index (χ4v) is 7.43. The first-order chi connectivity index (χ1) is 25.9. The third kappa shape index (κ3) is 9.77. The first kappa shape index (κ1) is 38.3. The predicted molar refractivity (Wildman–Crippen MR) is 209 cm³/mol. The summed E-state index contributed by atoms with van der Waals surface area (Å²) in [5.41, 5.74) is 3.50. The molecule has 3 atom stereocenters. The lowest BCUT2D eigenvalue weighted by molar-refractivity contribution is -0.145. The van der Waals surface area contributed by atoms with Crippen LogP contribution < -0.4 is 15.4 Å². The minimum Gasteiger partial charge on any atom is -0.493 e. The molecular weight excluding hydrogens is 701 g/mol. The van der Waals surface area contributed by atoms with Crippen LogP contribution in [0.5, 0.6) is 5.75 Å². The van der Waals surface area contributed by atoms with Gasteiger partial charge in [-0.1, -0.05) is 100 Å². The SMILES string of the molecule is CC(C)(C)c1ccc(C(=O)N[C@@H](Cc2ccc(-c3ncc(-c4ccc(OCC5CCCC5)cc4)cn3)cc2)C(=O)NC(C(=O)O)C(O)c2ccccc2)s1. The molecule has 280 valence electrons. The van der Waals surface area contributed by atoms with Gasteiger partial charge in [0.1, 0.15) is 17.9 Å². The topological polar surface area (TPSA) is 151 Å². The molecule has 0 spiro atoms. The van der Waals surface area contributed by atoms with E-state index < -0.39 is 36.0 Å². The van der Waals surface area contributed by atoms with E-state index in [0.717, 1.165) is 33.9 Å². The highest BCUT2D eigenvalue weighted by atomic mass is 32.1. The van der Waals surface area contributed by atoms with Crippen LogP contribution >= 0.6 is 11.3 Å². The molecule has 2 unspecified atom stereocenters. The molecule has 1 saturated carbocycles. The van der Waals surface area contributed by atoms with Crippen molar-refractivity contribution in [2.24, 2.45) is 5.92 Å². The average Bonchev–Trinajstić information content (AvgIpc) is 3.90. The van der Waals surface area contributed by atoms with Gasteiger partial charge in [-0.25, -0.2) is 14.8 Å². The van der Waals surface area contributed by atoms with Gasteiger partial charge in [0, 0.05) is 34.8 Å². The number of nitrogens with zero attached hydrogens (tertiary/aromatic N) is 2. The molecule has 0 saturated heterocycles. The molecule has 1 aliphatic carbocycles. The highest BCUT2D eigenvalue weighted by Gasteiger charge is 2.33. The zero-order valence-corrected chi connectivity index (χ0v) is 31.5. The van der Waals surface area contributed by atoms with Gasteiger partial charge in [0.25, 0.3) is 5.91 Å². The van der Waals surface area contributed by atoms with Crippen molar-refractivity contribution in [2.45, 2.75) is 76.5 Å². The number of carboxylic acids is 1. The summed E-state index contributed by atoms with van der Waals surface area (Å²) in [6.45, 7) is 6.91. The Hall–Kier alpha value is -5.39.